The molecule has 0 spiro atoms. The molecule has 2 aliphatic rings. The number of rotatable bonds is 15. The first-order chi connectivity index (χ1) is 20.8. The van der Waals surface area contributed by atoms with Gasteiger partial charge in [0.15, 0.2) is 11.1 Å². The fourth-order valence-electron chi connectivity index (χ4n) is 6.09. The molecule has 0 aromatic heterocycles. The van der Waals surface area contributed by atoms with Gasteiger partial charge in [-0.1, -0.05) is 102 Å². The summed E-state index contributed by atoms with van der Waals surface area (Å²) in [6, 6.07) is 16.3. The summed E-state index contributed by atoms with van der Waals surface area (Å²) in [6.45, 7) is 16.8. The van der Waals surface area contributed by atoms with E-state index in [2.05, 4.69) is 52.0 Å². The summed E-state index contributed by atoms with van der Waals surface area (Å²) < 4.78 is 1.12. The van der Waals surface area contributed by atoms with Gasteiger partial charge in [-0.15, -0.1) is 0 Å². The second-order valence-electron chi connectivity index (χ2n) is 14.0. The van der Waals surface area contributed by atoms with Crippen LogP contribution < -0.4 is 0 Å². The van der Waals surface area contributed by atoms with Gasteiger partial charge in [-0.25, -0.2) is 0 Å². The Balaban J connectivity index is 1.39. The molecule has 0 N–H and O–H groups in total. The van der Waals surface area contributed by atoms with Gasteiger partial charge in [-0.2, -0.15) is 0 Å². The van der Waals surface area contributed by atoms with Gasteiger partial charge in [-0.3, -0.25) is 4.99 Å². The molecule has 240 valence electrons. The van der Waals surface area contributed by atoms with Crippen molar-refractivity contribution in [2.75, 3.05) is 0 Å². The predicted molar refractivity (Wildman–Crippen MR) is 189 cm³/mol. The van der Waals surface area contributed by atoms with Crippen LogP contribution in [0.15, 0.2) is 68.3 Å². The molecular weight excluding hydrogens is 585 g/mol. The van der Waals surface area contributed by atoms with Crippen LogP contribution in [0.2, 0.25) is 0 Å². The molecule has 44 heavy (non-hydrogen) atoms. The number of hydrogen-bond acceptors (Lipinski definition) is 7. The van der Waals surface area contributed by atoms with Crippen LogP contribution in [0.25, 0.3) is 0 Å². The Morgan fingerprint density at radius 1 is 0.682 bits per heavy atom. The number of unbranched alkanes of at least 4 members (excludes halogenated alkanes) is 6. The molecule has 0 aliphatic carbocycles. The minimum absolute atomic E-state index is 0.399. The van der Waals surface area contributed by atoms with Gasteiger partial charge in [0.2, 0.25) is 0 Å². The van der Waals surface area contributed by atoms with Crippen molar-refractivity contribution < 1.29 is 4.76 Å². The number of nitroso groups, excluding NO2 is 1. The SMILES string of the molecule is CCCCCCC1(C)N=C(c2ccc(SSc3ccc(C4=NC(C)(CCCCCC)C(C)(C)[N+]4=O)cc3)cc2)N([O-])C1(C)C. The van der Waals surface area contributed by atoms with E-state index in [-0.39, 0.29) is 0 Å². The second kappa shape index (κ2) is 14.1. The Morgan fingerprint density at radius 2 is 1.16 bits per heavy atom. The normalized spacial score (nSPS) is 24.1. The third-order valence-corrected chi connectivity index (χ3v) is 12.7. The van der Waals surface area contributed by atoms with E-state index in [1.165, 1.54) is 38.5 Å². The van der Waals surface area contributed by atoms with Crippen LogP contribution in [0.1, 0.15) is 131 Å². The minimum Gasteiger partial charge on any atom is -0.757 e. The Labute approximate surface area is 273 Å². The van der Waals surface area contributed by atoms with E-state index in [1.807, 2.05) is 52.0 Å². The highest BCUT2D eigenvalue weighted by Crippen LogP contribution is 2.44. The lowest BCUT2D eigenvalue weighted by Gasteiger charge is -2.47. The standard InChI is InChI=1S/C36H52N4O2S2/c1-9-11-13-15-25-35(7)33(3,4)39(41)31(37-35)27-17-21-29(22-18-27)43-44-30-23-19-28(20-24-30)32-38-36(8,26-16-14-12-10-2)34(5,6)40(32)42/h17-24H,9-16,25-26H2,1-8H3. The van der Waals surface area contributed by atoms with Crippen molar-refractivity contribution in [2.45, 2.75) is 152 Å². The average Bonchev–Trinajstić information content (AvgIpc) is 3.30. The summed E-state index contributed by atoms with van der Waals surface area (Å²) in [5, 5.41) is 14.5. The van der Waals surface area contributed by atoms with Crippen LogP contribution in [-0.4, -0.2) is 43.7 Å². The van der Waals surface area contributed by atoms with Gasteiger partial charge < -0.3 is 10.3 Å². The molecule has 8 heteroatoms. The van der Waals surface area contributed by atoms with Crippen molar-refractivity contribution in [3.8, 4) is 0 Å². The number of nitrogens with zero attached hydrogens (tertiary/aromatic N) is 4. The monoisotopic (exact) mass is 636 g/mol. The van der Waals surface area contributed by atoms with Crippen molar-refractivity contribution in [2.24, 2.45) is 9.98 Å². The summed E-state index contributed by atoms with van der Waals surface area (Å²) in [6.07, 6.45) is 11.2. The number of aliphatic imine (C=N–C) groups is 2. The molecule has 0 bridgehead atoms. The summed E-state index contributed by atoms with van der Waals surface area (Å²) in [7, 11) is 3.35. The number of benzene rings is 2. The molecule has 2 unspecified atom stereocenters. The van der Waals surface area contributed by atoms with E-state index in [9.17, 15) is 10.1 Å². The Hall–Kier alpha value is -2.16. The first-order valence-electron chi connectivity index (χ1n) is 16.5. The van der Waals surface area contributed by atoms with Gasteiger partial charge in [0.1, 0.15) is 5.84 Å². The van der Waals surface area contributed by atoms with Crippen LogP contribution in [0.3, 0.4) is 0 Å². The third-order valence-electron chi connectivity index (χ3n) is 10.2. The molecule has 2 heterocycles. The molecule has 2 atom stereocenters. The van der Waals surface area contributed by atoms with E-state index in [4.69, 9.17) is 9.98 Å². The number of hydrogen-bond donors (Lipinski definition) is 0. The van der Waals surface area contributed by atoms with Crippen LogP contribution in [0, 0.1) is 10.1 Å². The zero-order valence-electron chi connectivity index (χ0n) is 28.1. The van der Waals surface area contributed by atoms with E-state index in [1.54, 1.807) is 21.6 Å². The van der Waals surface area contributed by atoms with Crippen LogP contribution in [0.4, 0.5) is 0 Å². The van der Waals surface area contributed by atoms with E-state index >= 15 is 0 Å². The molecule has 2 aliphatic heterocycles. The summed E-state index contributed by atoms with van der Waals surface area (Å²) in [5.74, 6) is 1.07. The summed E-state index contributed by atoms with van der Waals surface area (Å²) in [5.41, 5.74) is -0.236. The highest BCUT2D eigenvalue weighted by atomic mass is 33.1. The molecular formula is C36H52N4O2S2. The fourth-order valence-corrected chi connectivity index (χ4v) is 8.02. The fraction of sp³-hybridized carbons (Fsp3) is 0.611. The maximum atomic E-state index is 13.4. The van der Waals surface area contributed by atoms with Crippen molar-refractivity contribution in [1.82, 2.24) is 5.06 Å². The zero-order chi connectivity index (χ0) is 32.2. The van der Waals surface area contributed by atoms with Crippen molar-refractivity contribution in [3.05, 3.63) is 69.8 Å². The third kappa shape index (κ3) is 6.97. The molecule has 0 saturated heterocycles. The van der Waals surface area contributed by atoms with Crippen LogP contribution >= 0.6 is 21.6 Å². The molecule has 2 aromatic rings. The Kier molecular flexibility index (Phi) is 11.1. The Bertz CT molecular complexity index is 1350. The first-order valence-corrected chi connectivity index (χ1v) is 18.6. The van der Waals surface area contributed by atoms with Crippen molar-refractivity contribution in [1.29, 1.82) is 0 Å². The number of amidine groups is 2. The zero-order valence-corrected chi connectivity index (χ0v) is 29.7. The van der Waals surface area contributed by atoms with Gasteiger partial charge in [-0.05, 0) is 102 Å². The van der Waals surface area contributed by atoms with Gasteiger partial charge in [0.25, 0.3) is 0 Å². The molecule has 2 aromatic carbocycles. The highest BCUT2D eigenvalue weighted by molar-refractivity contribution is 8.76. The molecule has 4 rings (SSSR count). The predicted octanol–water partition coefficient (Wildman–Crippen LogP) is 10.6. The van der Waals surface area contributed by atoms with E-state index < -0.39 is 22.2 Å². The quantitative estimate of drug-likeness (QED) is 0.110. The highest BCUT2D eigenvalue weighted by Gasteiger charge is 2.61. The largest absolute Gasteiger partial charge is 0.757 e. The molecule has 0 radical (unpaired) electrons. The average molecular weight is 637 g/mol. The maximum absolute atomic E-state index is 13.4. The molecule has 0 amide bonds. The van der Waals surface area contributed by atoms with Crippen LogP contribution in [-0.2, 0) is 0 Å². The van der Waals surface area contributed by atoms with E-state index in [0.29, 0.717) is 11.7 Å². The smallest absolute Gasteiger partial charge is 0.364 e. The topological polar surface area (TPSA) is 71.1 Å². The van der Waals surface area contributed by atoms with Crippen LogP contribution in [0.5, 0.6) is 0 Å². The lowest BCUT2D eigenvalue weighted by atomic mass is 9.78. The van der Waals surface area contributed by atoms with Gasteiger partial charge in [0.05, 0.1) is 11.1 Å². The molecule has 0 saturated carbocycles. The van der Waals surface area contributed by atoms with Crippen molar-refractivity contribution in [3.63, 3.8) is 0 Å². The lowest BCUT2D eigenvalue weighted by Crippen LogP contribution is -2.51. The molecule has 6 nitrogen and oxygen atoms in total. The molecule has 0 fully saturated rings. The number of hydroxylamine groups is 2. The lowest BCUT2D eigenvalue weighted by molar-refractivity contribution is -0.515. The second-order valence-corrected chi connectivity index (χ2v) is 16.2. The first kappa shape index (κ1) is 34.7. The van der Waals surface area contributed by atoms with Crippen molar-refractivity contribution >= 4 is 33.3 Å². The van der Waals surface area contributed by atoms with Gasteiger partial charge in [0, 0.05) is 20.9 Å². The summed E-state index contributed by atoms with van der Waals surface area (Å²) >= 11 is 0. The maximum Gasteiger partial charge on any atom is 0.364 e. The summed E-state index contributed by atoms with van der Waals surface area (Å²) in [4.78, 5) is 25.6. The minimum atomic E-state index is -0.583. The Morgan fingerprint density at radius 3 is 1.66 bits per heavy atom. The van der Waals surface area contributed by atoms with E-state index in [0.717, 1.165) is 56.4 Å². The van der Waals surface area contributed by atoms with Gasteiger partial charge >= 0.3 is 5.84 Å².